The first-order valence-corrected chi connectivity index (χ1v) is 9.57. The van der Waals surface area contributed by atoms with Crippen LogP contribution < -0.4 is 4.72 Å². The lowest BCUT2D eigenvalue weighted by atomic mass is 10.00. The van der Waals surface area contributed by atoms with E-state index in [1.165, 1.54) is 12.1 Å². The highest BCUT2D eigenvalue weighted by Gasteiger charge is 2.30. The van der Waals surface area contributed by atoms with E-state index in [9.17, 15) is 13.2 Å². The first-order chi connectivity index (χ1) is 10.6. The first kappa shape index (κ1) is 18.0. The van der Waals surface area contributed by atoms with Gasteiger partial charge < -0.3 is 9.32 Å². The fourth-order valence-corrected chi connectivity index (χ4v) is 4.22. The summed E-state index contributed by atoms with van der Waals surface area (Å²) in [4.78, 5) is 14.4. The van der Waals surface area contributed by atoms with Gasteiger partial charge in [0.15, 0.2) is 5.76 Å². The van der Waals surface area contributed by atoms with Gasteiger partial charge in [-0.2, -0.15) is 0 Å². The minimum absolute atomic E-state index is 0.0830. The number of hydrogen-bond donors (Lipinski definition) is 1. The Bertz CT molecular complexity index is 658. The van der Waals surface area contributed by atoms with Crippen molar-refractivity contribution in [1.82, 2.24) is 9.62 Å². The summed E-state index contributed by atoms with van der Waals surface area (Å²) in [7, 11) is -3.77. The molecule has 0 aliphatic carbocycles. The van der Waals surface area contributed by atoms with Crippen molar-refractivity contribution in [2.45, 2.75) is 70.1 Å². The Kier molecular flexibility index (Phi) is 5.20. The van der Waals surface area contributed by atoms with Crippen LogP contribution in [-0.2, 0) is 10.0 Å². The Morgan fingerprint density at radius 1 is 1.35 bits per heavy atom. The van der Waals surface area contributed by atoms with E-state index >= 15 is 0 Å². The van der Waals surface area contributed by atoms with Crippen molar-refractivity contribution < 1.29 is 17.6 Å². The van der Waals surface area contributed by atoms with Crippen molar-refractivity contribution in [1.29, 1.82) is 0 Å². The number of carbonyl (C=O) groups excluding carboxylic acids is 1. The van der Waals surface area contributed by atoms with Gasteiger partial charge in [0.05, 0.1) is 0 Å². The lowest BCUT2D eigenvalue weighted by Gasteiger charge is -2.34. The van der Waals surface area contributed by atoms with Crippen molar-refractivity contribution in [2.24, 2.45) is 0 Å². The minimum atomic E-state index is -3.77. The van der Waals surface area contributed by atoms with Crippen LogP contribution in [0.3, 0.4) is 0 Å². The molecule has 0 bridgehead atoms. The summed E-state index contributed by atoms with van der Waals surface area (Å²) in [6.45, 7) is 8.00. The molecule has 6 nitrogen and oxygen atoms in total. The van der Waals surface area contributed by atoms with Crippen molar-refractivity contribution in [3.8, 4) is 0 Å². The molecule has 0 unspecified atom stereocenters. The number of carbonyl (C=O) groups is 1. The van der Waals surface area contributed by atoms with Crippen molar-refractivity contribution in [2.75, 3.05) is 6.54 Å². The Morgan fingerprint density at radius 3 is 2.65 bits per heavy atom. The summed E-state index contributed by atoms with van der Waals surface area (Å²) < 4.78 is 32.4. The van der Waals surface area contributed by atoms with Gasteiger partial charge in [-0.1, -0.05) is 6.92 Å². The molecule has 1 amide bonds. The molecule has 0 radical (unpaired) electrons. The SMILES string of the molecule is CC[C@H]1CCCCN1C(=O)c1ccc(S(=O)(=O)NC(C)(C)C)o1. The van der Waals surface area contributed by atoms with Gasteiger partial charge in [0.25, 0.3) is 15.9 Å². The number of furan rings is 1. The van der Waals surface area contributed by atoms with Crippen LogP contribution in [-0.4, -0.2) is 37.4 Å². The van der Waals surface area contributed by atoms with Crippen LogP contribution in [0.1, 0.15) is 63.9 Å². The third-order valence-electron chi connectivity index (χ3n) is 3.86. The fraction of sp³-hybridized carbons (Fsp3) is 0.688. The van der Waals surface area contributed by atoms with Crippen LogP contribution in [0.4, 0.5) is 0 Å². The van der Waals surface area contributed by atoms with Crippen LogP contribution in [0, 0.1) is 0 Å². The molecule has 1 atom stereocenters. The molecular weight excluding hydrogens is 316 g/mol. The van der Waals surface area contributed by atoms with Gasteiger partial charge in [0.1, 0.15) is 0 Å². The van der Waals surface area contributed by atoms with Gasteiger partial charge >= 0.3 is 0 Å². The normalized spacial score (nSPS) is 19.8. The second kappa shape index (κ2) is 6.65. The van der Waals surface area contributed by atoms with Gasteiger partial charge in [-0.25, -0.2) is 13.1 Å². The fourth-order valence-electron chi connectivity index (χ4n) is 2.87. The van der Waals surface area contributed by atoms with E-state index in [1.807, 2.05) is 0 Å². The van der Waals surface area contributed by atoms with Crippen LogP contribution in [0.5, 0.6) is 0 Å². The number of likely N-dealkylation sites (tertiary alicyclic amines) is 1. The van der Waals surface area contributed by atoms with Gasteiger partial charge in [0, 0.05) is 18.1 Å². The third-order valence-corrected chi connectivity index (χ3v) is 5.49. The number of nitrogens with zero attached hydrogens (tertiary/aromatic N) is 1. The summed E-state index contributed by atoms with van der Waals surface area (Å²) in [6.07, 6.45) is 3.97. The van der Waals surface area contributed by atoms with E-state index in [-0.39, 0.29) is 22.8 Å². The summed E-state index contributed by atoms with van der Waals surface area (Å²) >= 11 is 0. The molecule has 1 saturated heterocycles. The molecule has 0 spiro atoms. The predicted molar refractivity (Wildman–Crippen MR) is 87.7 cm³/mol. The van der Waals surface area contributed by atoms with E-state index in [0.717, 1.165) is 25.7 Å². The van der Waals surface area contributed by atoms with E-state index in [2.05, 4.69) is 11.6 Å². The highest BCUT2D eigenvalue weighted by atomic mass is 32.2. The molecule has 0 aromatic carbocycles. The number of piperidine rings is 1. The smallest absolute Gasteiger partial charge is 0.289 e. The second-order valence-corrected chi connectivity index (χ2v) is 8.64. The number of rotatable bonds is 4. The van der Waals surface area contributed by atoms with E-state index in [1.54, 1.807) is 25.7 Å². The third kappa shape index (κ3) is 4.35. The summed E-state index contributed by atoms with van der Waals surface area (Å²) in [6, 6.07) is 2.99. The molecule has 130 valence electrons. The van der Waals surface area contributed by atoms with Gasteiger partial charge in [-0.3, -0.25) is 4.79 Å². The van der Waals surface area contributed by atoms with Gasteiger partial charge in [-0.15, -0.1) is 0 Å². The molecule has 1 fully saturated rings. The summed E-state index contributed by atoms with van der Waals surface area (Å²) in [5.74, 6) is -0.145. The second-order valence-electron chi connectivity index (χ2n) is 7.03. The Hall–Kier alpha value is -1.34. The quantitative estimate of drug-likeness (QED) is 0.912. The molecular formula is C16H26N2O4S. The topological polar surface area (TPSA) is 79.6 Å². The highest BCUT2D eigenvalue weighted by molar-refractivity contribution is 7.89. The highest BCUT2D eigenvalue weighted by Crippen LogP contribution is 2.24. The Morgan fingerprint density at radius 2 is 2.04 bits per heavy atom. The predicted octanol–water partition coefficient (Wildman–Crippen LogP) is 2.76. The average Bonchev–Trinajstić information content (AvgIpc) is 2.94. The zero-order valence-electron chi connectivity index (χ0n) is 14.3. The molecule has 7 heteroatoms. The van der Waals surface area contributed by atoms with Crippen molar-refractivity contribution in [3.63, 3.8) is 0 Å². The Labute approximate surface area is 138 Å². The first-order valence-electron chi connectivity index (χ1n) is 8.09. The maximum atomic E-state index is 12.6. The standard InChI is InChI=1S/C16H26N2O4S/c1-5-12-8-6-7-11-18(12)15(19)13-9-10-14(22-13)23(20,21)17-16(2,3)4/h9-10,12,17H,5-8,11H2,1-4H3/t12-/m0/s1. The zero-order chi connectivity index (χ0) is 17.3. The van der Waals surface area contributed by atoms with Crippen molar-refractivity contribution >= 4 is 15.9 Å². The largest absolute Gasteiger partial charge is 0.438 e. The molecule has 2 heterocycles. The van der Waals surface area contributed by atoms with Crippen LogP contribution in [0.25, 0.3) is 0 Å². The number of amides is 1. The number of sulfonamides is 1. The summed E-state index contributed by atoms with van der Waals surface area (Å²) in [5.41, 5.74) is -0.615. The average molecular weight is 342 g/mol. The molecule has 1 aliphatic rings. The van der Waals surface area contributed by atoms with Crippen LogP contribution in [0.2, 0.25) is 0 Å². The minimum Gasteiger partial charge on any atom is -0.438 e. The van der Waals surface area contributed by atoms with Crippen molar-refractivity contribution in [3.05, 3.63) is 17.9 Å². The molecule has 0 saturated carbocycles. The number of hydrogen-bond acceptors (Lipinski definition) is 4. The molecule has 1 aromatic heterocycles. The van der Waals surface area contributed by atoms with Gasteiger partial charge in [0.2, 0.25) is 5.09 Å². The Balaban J connectivity index is 2.20. The van der Waals surface area contributed by atoms with E-state index in [4.69, 9.17) is 4.42 Å². The van der Waals surface area contributed by atoms with E-state index < -0.39 is 15.6 Å². The monoisotopic (exact) mass is 342 g/mol. The molecule has 1 N–H and O–H groups in total. The van der Waals surface area contributed by atoms with E-state index in [0.29, 0.717) is 6.54 Å². The van der Waals surface area contributed by atoms with Crippen LogP contribution in [0.15, 0.2) is 21.6 Å². The number of nitrogens with one attached hydrogen (secondary N) is 1. The summed E-state index contributed by atoms with van der Waals surface area (Å²) in [5, 5.41) is -0.221. The lowest BCUT2D eigenvalue weighted by molar-refractivity contribution is 0.0570. The molecule has 1 aromatic rings. The van der Waals surface area contributed by atoms with Gasteiger partial charge in [-0.05, 0) is 58.6 Å². The van der Waals surface area contributed by atoms with Crippen LogP contribution >= 0.6 is 0 Å². The maximum Gasteiger partial charge on any atom is 0.289 e. The molecule has 2 rings (SSSR count). The molecule has 1 aliphatic heterocycles. The lowest BCUT2D eigenvalue weighted by Crippen LogP contribution is -2.43. The maximum absolute atomic E-state index is 12.6. The zero-order valence-corrected chi connectivity index (χ0v) is 15.1. The molecule has 23 heavy (non-hydrogen) atoms.